The van der Waals surface area contributed by atoms with Crippen molar-refractivity contribution in [2.45, 2.75) is 26.9 Å². The molecule has 0 aliphatic rings. The summed E-state index contributed by atoms with van der Waals surface area (Å²) in [6, 6.07) is 14.1. The normalized spacial score (nSPS) is 11.2. The van der Waals surface area contributed by atoms with E-state index in [-0.39, 0.29) is 0 Å². The summed E-state index contributed by atoms with van der Waals surface area (Å²) >= 11 is 0. The molecule has 0 saturated heterocycles. The number of anilines is 1. The van der Waals surface area contributed by atoms with Crippen LogP contribution in [-0.4, -0.2) is 18.0 Å². The second kappa shape index (κ2) is 7.42. The lowest BCUT2D eigenvalue weighted by molar-refractivity contribution is -0.123. The monoisotopic (exact) mass is 322 g/mol. The zero-order valence-electron chi connectivity index (χ0n) is 13.8. The van der Waals surface area contributed by atoms with E-state index in [1.165, 1.54) is 6.92 Å². The Bertz CT molecular complexity index is 822. The standard InChI is InChI=1S/C19H18N2O3/c1-12-8-9-13(2)16(10-12)19(23)24-14(3)18(22)21-17-7-5-4-6-15(17)11-20/h4-10,14H,1-3H3,(H,21,22)/t14-/m1/s1. The van der Waals surface area contributed by atoms with E-state index in [4.69, 9.17) is 10.00 Å². The summed E-state index contributed by atoms with van der Waals surface area (Å²) in [6.45, 7) is 5.18. The molecule has 0 unspecified atom stereocenters. The first kappa shape index (κ1) is 17.2. The van der Waals surface area contributed by atoms with E-state index in [1.54, 1.807) is 30.3 Å². The molecule has 2 rings (SSSR count). The summed E-state index contributed by atoms with van der Waals surface area (Å²) in [5, 5.41) is 11.6. The van der Waals surface area contributed by atoms with Gasteiger partial charge < -0.3 is 10.1 Å². The molecule has 0 aliphatic carbocycles. The van der Waals surface area contributed by atoms with Crippen LogP contribution in [0.5, 0.6) is 0 Å². The third-order valence-corrected chi connectivity index (χ3v) is 3.57. The molecule has 1 amide bonds. The van der Waals surface area contributed by atoms with Crippen LogP contribution in [0.4, 0.5) is 5.69 Å². The van der Waals surface area contributed by atoms with E-state index >= 15 is 0 Å². The highest BCUT2D eigenvalue weighted by atomic mass is 16.5. The van der Waals surface area contributed by atoms with Crippen molar-refractivity contribution >= 4 is 17.6 Å². The number of carbonyl (C=O) groups excluding carboxylic acids is 2. The van der Waals surface area contributed by atoms with Crippen LogP contribution in [0.3, 0.4) is 0 Å². The summed E-state index contributed by atoms with van der Waals surface area (Å²) < 4.78 is 5.25. The SMILES string of the molecule is Cc1ccc(C)c(C(=O)O[C@H](C)C(=O)Nc2ccccc2C#N)c1. The van der Waals surface area contributed by atoms with Gasteiger partial charge in [0.05, 0.1) is 16.8 Å². The molecule has 0 spiro atoms. The van der Waals surface area contributed by atoms with Crippen LogP contribution in [0.25, 0.3) is 0 Å². The molecule has 5 nitrogen and oxygen atoms in total. The minimum Gasteiger partial charge on any atom is -0.449 e. The van der Waals surface area contributed by atoms with Crippen molar-refractivity contribution in [3.63, 3.8) is 0 Å². The second-order valence-electron chi connectivity index (χ2n) is 5.51. The number of benzene rings is 2. The number of nitrogens with one attached hydrogen (secondary N) is 1. The van der Waals surface area contributed by atoms with Crippen molar-refractivity contribution in [1.29, 1.82) is 5.26 Å². The fraction of sp³-hybridized carbons (Fsp3) is 0.211. The second-order valence-corrected chi connectivity index (χ2v) is 5.51. The van der Waals surface area contributed by atoms with Gasteiger partial charge in [-0.05, 0) is 44.5 Å². The van der Waals surface area contributed by atoms with Crippen molar-refractivity contribution in [2.24, 2.45) is 0 Å². The maximum absolute atomic E-state index is 12.3. The summed E-state index contributed by atoms with van der Waals surface area (Å²) in [4.78, 5) is 24.5. The summed E-state index contributed by atoms with van der Waals surface area (Å²) in [6.07, 6.45) is -0.982. The van der Waals surface area contributed by atoms with Gasteiger partial charge in [-0.15, -0.1) is 0 Å². The quantitative estimate of drug-likeness (QED) is 0.875. The van der Waals surface area contributed by atoms with Gasteiger partial charge in [-0.3, -0.25) is 4.79 Å². The molecule has 0 heterocycles. The Balaban J connectivity index is 2.07. The number of hydrogen-bond donors (Lipinski definition) is 1. The summed E-state index contributed by atoms with van der Waals surface area (Å²) in [5.74, 6) is -1.04. The minimum absolute atomic E-state index is 0.346. The molecule has 2 aromatic carbocycles. The predicted molar refractivity (Wildman–Crippen MR) is 90.6 cm³/mol. The van der Waals surface area contributed by atoms with Gasteiger partial charge in [0.15, 0.2) is 6.10 Å². The van der Waals surface area contributed by atoms with Gasteiger partial charge >= 0.3 is 5.97 Å². The van der Waals surface area contributed by atoms with Crippen LogP contribution in [0, 0.1) is 25.2 Å². The number of aryl methyl sites for hydroxylation is 2. The first-order chi connectivity index (χ1) is 11.4. The van der Waals surface area contributed by atoms with E-state index in [2.05, 4.69) is 5.32 Å². The number of rotatable bonds is 4. The molecule has 122 valence electrons. The Morgan fingerprint density at radius 2 is 1.88 bits per heavy atom. The Kier molecular flexibility index (Phi) is 5.33. The number of nitrogens with zero attached hydrogens (tertiary/aromatic N) is 1. The lowest BCUT2D eigenvalue weighted by Crippen LogP contribution is -2.30. The highest BCUT2D eigenvalue weighted by Crippen LogP contribution is 2.16. The molecule has 0 aliphatic heterocycles. The molecule has 0 bridgehead atoms. The first-order valence-electron chi connectivity index (χ1n) is 7.50. The third-order valence-electron chi connectivity index (χ3n) is 3.57. The molecule has 5 heteroatoms. The average molecular weight is 322 g/mol. The van der Waals surface area contributed by atoms with E-state index in [0.29, 0.717) is 16.8 Å². The van der Waals surface area contributed by atoms with Crippen LogP contribution < -0.4 is 5.32 Å². The molecule has 1 N–H and O–H groups in total. The van der Waals surface area contributed by atoms with Crippen molar-refractivity contribution in [2.75, 3.05) is 5.32 Å². The van der Waals surface area contributed by atoms with E-state index < -0.39 is 18.0 Å². The van der Waals surface area contributed by atoms with Crippen molar-refractivity contribution < 1.29 is 14.3 Å². The maximum atomic E-state index is 12.3. The van der Waals surface area contributed by atoms with Crippen LogP contribution in [0.2, 0.25) is 0 Å². The maximum Gasteiger partial charge on any atom is 0.339 e. The Labute approximate surface area is 140 Å². The molecule has 0 radical (unpaired) electrons. The molecule has 0 fully saturated rings. The molecule has 24 heavy (non-hydrogen) atoms. The van der Waals surface area contributed by atoms with Crippen LogP contribution in [-0.2, 0) is 9.53 Å². The third kappa shape index (κ3) is 3.99. The van der Waals surface area contributed by atoms with Gasteiger partial charge in [-0.2, -0.15) is 5.26 Å². The average Bonchev–Trinajstić information content (AvgIpc) is 2.57. The number of para-hydroxylation sites is 1. The molecular weight excluding hydrogens is 304 g/mol. The number of amides is 1. The fourth-order valence-electron chi connectivity index (χ4n) is 2.16. The van der Waals surface area contributed by atoms with Gasteiger partial charge in [0.25, 0.3) is 5.91 Å². The van der Waals surface area contributed by atoms with Crippen LogP contribution in [0.1, 0.15) is 34.0 Å². The predicted octanol–water partition coefficient (Wildman–Crippen LogP) is 3.36. The lowest BCUT2D eigenvalue weighted by atomic mass is 10.1. The number of ether oxygens (including phenoxy) is 1. The van der Waals surface area contributed by atoms with E-state index in [1.807, 2.05) is 32.0 Å². The lowest BCUT2D eigenvalue weighted by Gasteiger charge is -2.15. The fourth-order valence-corrected chi connectivity index (χ4v) is 2.16. The van der Waals surface area contributed by atoms with Gasteiger partial charge in [0, 0.05) is 0 Å². The van der Waals surface area contributed by atoms with Crippen molar-refractivity contribution in [1.82, 2.24) is 0 Å². The molecule has 1 atom stereocenters. The summed E-state index contributed by atoms with van der Waals surface area (Å²) in [7, 11) is 0. The molecule has 0 saturated carbocycles. The zero-order valence-corrected chi connectivity index (χ0v) is 13.8. The molecule has 0 aromatic heterocycles. The van der Waals surface area contributed by atoms with E-state index in [0.717, 1.165) is 11.1 Å². The van der Waals surface area contributed by atoms with Gasteiger partial charge in [-0.25, -0.2) is 4.79 Å². The van der Waals surface area contributed by atoms with Crippen LogP contribution in [0.15, 0.2) is 42.5 Å². The number of esters is 1. The molecular formula is C19H18N2O3. The highest BCUT2D eigenvalue weighted by molar-refractivity contribution is 5.98. The Morgan fingerprint density at radius 1 is 1.17 bits per heavy atom. The first-order valence-corrected chi connectivity index (χ1v) is 7.50. The van der Waals surface area contributed by atoms with Gasteiger partial charge in [-0.1, -0.05) is 29.8 Å². The Morgan fingerprint density at radius 3 is 2.58 bits per heavy atom. The van der Waals surface area contributed by atoms with E-state index in [9.17, 15) is 9.59 Å². The topological polar surface area (TPSA) is 79.2 Å². The van der Waals surface area contributed by atoms with Crippen molar-refractivity contribution in [3.8, 4) is 6.07 Å². The number of hydrogen-bond acceptors (Lipinski definition) is 4. The number of nitriles is 1. The number of carbonyl (C=O) groups is 2. The smallest absolute Gasteiger partial charge is 0.339 e. The van der Waals surface area contributed by atoms with Gasteiger partial charge in [0.1, 0.15) is 6.07 Å². The van der Waals surface area contributed by atoms with Crippen LogP contribution >= 0.6 is 0 Å². The largest absolute Gasteiger partial charge is 0.449 e. The Hall–Kier alpha value is -3.13. The zero-order chi connectivity index (χ0) is 17.7. The van der Waals surface area contributed by atoms with Gasteiger partial charge in [0.2, 0.25) is 0 Å². The minimum atomic E-state index is -0.982. The van der Waals surface area contributed by atoms with Crippen molar-refractivity contribution in [3.05, 3.63) is 64.7 Å². The highest BCUT2D eigenvalue weighted by Gasteiger charge is 2.21. The summed E-state index contributed by atoms with van der Waals surface area (Å²) in [5.41, 5.74) is 2.89. The molecule has 2 aromatic rings.